The third-order valence-electron chi connectivity index (χ3n) is 6.23. The molecule has 166 valence electrons. The van der Waals surface area contributed by atoms with Gasteiger partial charge >= 0.3 is 0 Å². The number of hydrogen-bond acceptors (Lipinski definition) is 6. The highest BCUT2D eigenvalue weighted by Gasteiger charge is 2.18. The molecule has 2 aromatic carbocycles. The summed E-state index contributed by atoms with van der Waals surface area (Å²) < 4.78 is 9.04. The zero-order chi connectivity index (χ0) is 22.4. The van der Waals surface area contributed by atoms with Crippen LogP contribution in [0.2, 0.25) is 0 Å². The molecule has 1 saturated heterocycles. The third-order valence-corrected chi connectivity index (χ3v) is 6.23. The number of hydrogen-bond donors (Lipinski definition) is 1. The van der Waals surface area contributed by atoms with Crippen molar-refractivity contribution in [3.63, 3.8) is 0 Å². The largest absolute Gasteiger partial charge is 0.381 e. The summed E-state index contributed by atoms with van der Waals surface area (Å²) >= 11 is 0. The van der Waals surface area contributed by atoms with Gasteiger partial charge in [-0.15, -0.1) is 0 Å². The van der Waals surface area contributed by atoms with E-state index >= 15 is 0 Å². The molecule has 3 aromatic heterocycles. The molecule has 8 nitrogen and oxygen atoms in total. The molecule has 1 unspecified atom stereocenters. The third kappa shape index (κ3) is 3.52. The van der Waals surface area contributed by atoms with Gasteiger partial charge in [0, 0.05) is 30.5 Å². The normalized spacial score (nSPS) is 16.2. The summed E-state index contributed by atoms with van der Waals surface area (Å²) in [6.07, 6.45) is 1.05. The Labute approximate surface area is 189 Å². The van der Waals surface area contributed by atoms with E-state index in [-0.39, 0.29) is 12.1 Å². The molecule has 1 aliphatic rings. The van der Waals surface area contributed by atoms with Gasteiger partial charge in [-0.25, -0.2) is 14.5 Å². The van der Waals surface area contributed by atoms with Crippen molar-refractivity contribution in [1.82, 2.24) is 24.1 Å². The number of rotatable bonds is 5. The van der Waals surface area contributed by atoms with Crippen LogP contribution in [0.15, 0.2) is 59.4 Å². The van der Waals surface area contributed by atoms with E-state index in [4.69, 9.17) is 14.7 Å². The molecule has 1 fully saturated rings. The Kier molecular flexibility index (Phi) is 4.80. The Hall–Kier alpha value is -3.78. The first-order valence-corrected chi connectivity index (χ1v) is 11.2. The van der Waals surface area contributed by atoms with Crippen LogP contribution >= 0.6 is 0 Å². The first-order chi connectivity index (χ1) is 16.2. The second kappa shape index (κ2) is 7.97. The van der Waals surface area contributed by atoms with Crippen LogP contribution in [0.5, 0.6) is 0 Å². The van der Waals surface area contributed by atoms with Gasteiger partial charge in [-0.3, -0.25) is 9.36 Å². The minimum absolute atomic E-state index is 0.0765. The second-order valence-electron chi connectivity index (χ2n) is 8.58. The molecule has 0 aliphatic carbocycles. The number of nitrogens with zero attached hydrogens (tertiary/aromatic N) is 5. The van der Waals surface area contributed by atoms with Crippen LogP contribution in [-0.4, -0.2) is 43.9 Å². The highest BCUT2D eigenvalue weighted by molar-refractivity contribution is 5.89. The molecule has 0 spiro atoms. The van der Waals surface area contributed by atoms with Crippen LogP contribution in [0, 0.1) is 12.8 Å². The minimum Gasteiger partial charge on any atom is -0.381 e. The highest BCUT2D eigenvalue weighted by atomic mass is 16.5. The van der Waals surface area contributed by atoms with Gasteiger partial charge in [-0.05, 0) is 37.6 Å². The van der Waals surface area contributed by atoms with Crippen LogP contribution < -0.4 is 10.9 Å². The predicted molar refractivity (Wildman–Crippen MR) is 128 cm³/mol. The van der Waals surface area contributed by atoms with Crippen LogP contribution in [-0.2, 0) is 11.3 Å². The summed E-state index contributed by atoms with van der Waals surface area (Å²) in [4.78, 5) is 23.1. The summed E-state index contributed by atoms with van der Waals surface area (Å²) in [6, 6.07) is 17.4. The molecule has 8 heteroatoms. The highest BCUT2D eigenvalue weighted by Crippen LogP contribution is 2.23. The summed E-state index contributed by atoms with van der Waals surface area (Å²) in [5, 5.41) is 9.71. The zero-order valence-corrected chi connectivity index (χ0v) is 18.4. The molecule has 4 heterocycles. The van der Waals surface area contributed by atoms with Gasteiger partial charge in [0.05, 0.1) is 35.3 Å². The molecule has 0 saturated carbocycles. The summed E-state index contributed by atoms with van der Waals surface area (Å²) in [5.41, 5.74) is 3.14. The average Bonchev–Trinajstić information content (AvgIpc) is 3.50. The molecular formula is C25H24N6O2. The van der Waals surface area contributed by atoms with Crippen molar-refractivity contribution in [1.29, 1.82) is 0 Å². The average molecular weight is 441 g/mol. The van der Waals surface area contributed by atoms with Gasteiger partial charge in [-0.1, -0.05) is 24.3 Å². The van der Waals surface area contributed by atoms with Crippen molar-refractivity contribution >= 4 is 33.3 Å². The molecular weight excluding hydrogens is 416 g/mol. The number of fused-ring (bicyclic) bond motifs is 4. The molecule has 0 amide bonds. The number of para-hydroxylation sites is 2. The Balaban J connectivity index is 1.46. The zero-order valence-electron chi connectivity index (χ0n) is 18.4. The van der Waals surface area contributed by atoms with Gasteiger partial charge in [-0.2, -0.15) is 5.10 Å². The first-order valence-electron chi connectivity index (χ1n) is 11.2. The summed E-state index contributed by atoms with van der Waals surface area (Å²) in [7, 11) is 0. The topological polar surface area (TPSA) is 86.3 Å². The fourth-order valence-electron chi connectivity index (χ4n) is 4.55. The molecule has 33 heavy (non-hydrogen) atoms. The van der Waals surface area contributed by atoms with Crippen LogP contribution in [0.1, 0.15) is 17.9 Å². The number of aromatic nitrogens is 5. The number of nitrogens with one attached hydrogen (secondary N) is 1. The van der Waals surface area contributed by atoms with E-state index in [1.807, 2.05) is 66.0 Å². The number of aryl methyl sites for hydroxylation is 1. The van der Waals surface area contributed by atoms with Gasteiger partial charge < -0.3 is 10.1 Å². The second-order valence-corrected chi connectivity index (χ2v) is 8.58. The lowest BCUT2D eigenvalue weighted by atomic mass is 10.1. The lowest BCUT2D eigenvalue weighted by molar-refractivity contribution is 0.187. The van der Waals surface area contributed by atoms with E-state index in [0.717, 1.165) is 59.8 Å². The van der Waals surface area contributed by atoms with Crippen LogP contribution in [0.4, 0.5) is 5.82 Å². The maximum absolute atomic E-state index is 13.4. The van der Waals surface area contributed by atoms with Gasteiger partial charge in [0.2, 0.25) is 0 Å². The molecule has 1 atom stereocenters. The summed E-state index contributed by atoms with van der Waals surface area (Å²) in [6.45, 7) is 4.56. The number of anilines is 1. The SMILES string of the molecule is Cc1cc2n(Cc3nc(NCC4CCOC4)c4ccccc4n3)c(=O)c3ccccc3n2n1. The predicted octanol–water partition coefficient (Wildman–Crippen LogP) is 3.40. The van der Waals surface area contributed by atoms with E-state index in [2.05, 4.69) is 10.4 Å². The van der Waals surface area contributed by atoms with E-state index < -0.39 is 0 Å². The summed E-state index contributed by atoms with van der Waals surface area (Å²) in [5.74, 6) is 1.84. The standard InChI is InChI=1S/C25H24N6O2/c1-16-12-23-30(25(32)19-7-3-5-9-21(19)31(23)29-16)14-22-27-20-8-4-2-6-18(20)24(28-22)26-13-17-10-11-33-15-17/h2-9,12,17H,10-11,13-15H2,1H3,(H,26,27,28). The molecule has 1 aliphatic heterocycles. The van der Waals surface area contributed by atoms with Crippen molar-refractivity contribution in [2.75, 3.05) is 25.1 Å². The van der Waals surface area contributed by atoms with Gasteiger partial charge in [0.15, 0.2) is 5.82 Å². The van der Waals surface area contributed by atoms with Crippen molar-refractivity contribution in [3.8, 4) is 0 Å². The fraction of sp³-hybridized carbons (Fsp3) is 0.280. The molecule has 0 bridgehead atoms. The lowest BCUT2D eigenvalue weighted by Gasteiger charge is -2.15. The van der Waals surface area contributed by atoms with E-state index in [1.54, 1.807) is 4.57 Å². The molecule has 5 aromatic rings. The maximum atomic E-state index is 13.4. The minimum atomic E-state index is -0.0765. The van der Waals surface area contributed by atoms with Crippen molar-refractivity contribution in [3.05, 3.63) is 76.5 Å². The first kappa shape index (κ1) is 19.9. The van der Waals surface area contributed by atoms with Gasteiger partial charge in [0.25, 0.3) is 5.56 Å². The van der Waals surface area contributed by atoms with Crippen molar-refractivity contribution < 1.29 is 4.74 Å². The van der Waals surface area contributed by atoms with Gasteiger partial charge in [0.1, 0.15) is 11.5 Å². The number of benzene rings is 2. The quantitative estimate of drug-likeness (QED) is 0.451. The Bertz CT molecular complexity index is 1550. The molecule has 6 rings (SSSR count). The van der Waals surface area contributed by atoms with Crippen LogP contribution in [0.3, 0.4) is 0 Å². The maximum Gasteiger partial charge on any atom is 0.262 e. The lowest BCUT2D eigenvalue weighted by Crippen LogP contribution is -2.24. The van der Waals surface area contributed by atoms with Crippen molar-refractivity contribution in [2.45, 2.75) is 19.9 Å². The van der Waals surface area contributed by atoms with Crippen LogP contribution in [0.25, 0.3) is 27.5 Å². The van der Waals surface area contributed by atoms with E-state index in [1.165, 1.54) is 0 Å². The Morgan fingerprint density at radius 3 is 2.76 bits per heavy atom. The fourth-order valence-corrected chi connectivity index (χ4v) is 4.55. The molecule has 1 N–H and O–H groups in total. The smallest absolute Gasteiger partial charge is 0.262 e. The van der Waals surface area contributed by atoms with E-state index in [9.17, 15) is 4.79 Å². The molecule has 0 radical (unpaired) electrons. The Morgan fingerprint density at radius 2 is 1.91 bits per heavy atom. The Morgan fingerprint density at radius 1 is 1.09 bits per heavy atom. The number of ether oxygens (including phenoxy) is 1. The van der Waals surface area contributed by atoms with E-state index in [0.29, 0.717) is 17.1 Å². The monoisotopic (exact) mass is 440 g/mol. The van der Waals surface area contributed by atoms with Crippen molar-refractivity contribution in [2.24, 2.45) is 5.92 Å².